The molecule has 1 heterocycles. The summed E-state index contributed by atoms with van der Waals surface area (Å²) in [5, 5.41) is 8.95. The highest BCUT2D eigenvalue weighted by Gasteiger charge is 2.11. The lowest BCUT2D eigenvalue weighted by Gasteiger charge is -2.02. The third-order valence-corrected chi connectivity index (χ3v) is 2.68. The molecule has 8 heteroatoms. The number of methoxy groups -OCH3 is 1. The molecule has 8 nitrogen and oxygen atoms in total. The van der Waals surface area contributed by atoms with Crippen molar-refractivity contribution in [1.82, 2.24) is 15.5 Å². The highest BCUT2D eigenvalue weighted by molar-refractivity contribution is 5.91. The zero-order valence-corrected chi connectivity index (χ0v) is 12.0. The first-order valence-electron chi connectivity index (χ1n) is 6.65. The third-order valence-electron chi connectivity index (χ3n) is 2.68. The van der Waals surface area contributed by atoms with Crippen molar-refractivity contribution in [3.8, 4) is 0 Å². The Morgan fingerprint density at radius 2 is 2.05 bits per heavy atom. The standard InChI is InChI=1S/C14H16N4O4/c1-21-14(20)15-8-7-13-17-11(18-22-13)9-12(19)16-10-5-3-2-4-6-10/h2-6H,7-9H2,1H3,(H,15,20)(H,16,19). The van der Waals surface area contributed by atoms with Crippen molar-refractivity contribution in [2.24, 2.45) is 0 Å². The first-order valence-corrected chi connectivity index (χ1v) is 6.65. The van der Waals surface area contributed by atoms with Gasteiger partial charge in [-0.15, -0.1) is 0 Å². The van der Waals surface area contributed by atoms with Crippen LogP contribution in [-0.4, -0.2) is 35.8 Å². The van der Waals surface area contributed by atoms with Gasteiger partial charge in [-0.1, -0.05) is 23.4 Å². The second-order valence-corrected chi connectivity index (χ2v) is 4.36. The highest BCUT2D eigenvalue weighted by Crippen LogP contribution is 2.06. The average molecular weight is 304 g/mol. The maximum Gasteiger partial charge on any atom is 0.406 e. The third kappa shape index (κ3) is 4.89. The quantitative estimate of drug-likeness (QED) is 0.829. The minimum absolute atomic E-state index is 0.0167. The van der Waals surface area contributed by atoms with Gasteiger partial charge >= 0.3 is 6.09 Å². The number of hydrogen-bond acceptors (Lipinski definition) is 6. The van der Waals surface area contributed by atoms with Crippen molar-refractivity contribution in [3.63, 3.8) is 0 Å². The fourth-order valence-corrected chi connectivity index (χ4v) is 1.68. The van der Waals surface area contributed by atoms with E-state index in [1.807, 2.05) is 18.2 Å². The Balaban J connectivity index is 1.79. The van der Waals surface area contributed by atoms with Gasteiger partial charge in [-0.25, -0.2) is 4.79 Å². The number of alkyl carbamates (subject to hydrolysis) is 1. The zero-order valence-electron chi connectivity index (χ0n) is 12.0. The van der Waals surface area contributed by atoms with Crippen LogP contribution in [0.2, 0.25) is 0 Å². The van der Waals surface area contributed by atoms with Crippen molar-refractivity contribution in [1.29, 1.82) is 0 Å². The van der Waals surface area contributed by atoms with Gasteiger partial charge in [0.1, 0.15) is 0 Å². The molecule has 0 fully saturated rings. The number of anilines is 1. The summed E-state index contributed by atoms with van der Waals surface area (Å²) in [6.07, 6.45) is -0.146. The fourth-order valence-electron chi connectivity index (χ4n) is 1.68. The molecule has 2 rings (SSSR count). The van der Waals surface area contributed by atoms with E-state index < -0.39 is 6.09 Å². The summed E-state index contributed by atoms with van der Waals surface area (Å²) in [5.41, 5.74) is 0.707. The van der Waals surface area contributed by atoms with Crippen LogP contribution in [0.1, 0.15) is 11.7 Å². The van der Waals surface area contributed by atoms with Gasteiger partial charge in [0.05, 0.1) is 13.5 Å². The van der Waals surface area contributed by atoms with Crippen LogP contribution in [0.15, 0.2) is 34.9 Å². The van der Waals surface area contributed by atoms with Gasteiger partial charge < -0.3 is 19.9 Å². The van der Waals surface area contributed by atoms with Gasteiger partial charge in [-0.2, -0.15) is 4.98 Å². The number of carbonyl (C=O) groups excluding carboxylic acids is 2. The lowest BCUT2D eigenvalue weighted by atomic mass is 10.3. The maximum absolute atomic E-state index is 11.8. The Bertz CT molecular complexity index is 627. The predicted molar refractivity (Wildman–Crippen MR) is 77.2 cm³/mol. The topological polar surface area (TPSA) is 106 Å². The smallest absolute Gasteiger partial charge is 0.406 e. The number of aromatic nitrogens is 2. The summed E-state index contributed by atoms with van der Waals surface area (Å²) in [5.74, 6) is 0.409. The van der Waals surface area contributed by atoms with Crippen LogP contribution in [0.5, 0.6) is 0 Å². The van der Waals surface area contributed by atoms with E-state index in [1.54, 1.807) is 12.1 Å². The van der Waals surface area contributed by atoms with Crippen molar-refractivity contribution >= 4 is 17.7 Å². The fraction of sp³-hybridized carbons (Fsp3) is 0.286. The molecule has 22 heavy (non-hydrogen) atoms. The number of hydrogen-bond donors (Lipinski definition) is 2. The van der Waals surface area contributed by atoms with Crippen molar-refractivity contribution < 1.29 is 18.8 Å². The minimum Gasteiger partial charge on any atom is -0.453 e. The van der Waals surface area contributed by atoms with E-state index in [0.29, 0.717) is 30.4 Å². The van der Waals surface area contributed by atoms with Crippen LogP contribution in [0.4, 0.5) is 10.5 Å². The van der Waals surface area contributed by atoms with Crippen LogP contribution >= 0.6 is 0 Å². The minimum atomic E-state index is -0.526. The second-order valence-electron chi connectivity index (χ2n) is 4.36. The first-order chi connectivity index (χ1) is 10.7. The molecular weight excluding hydrogens is 288 g/mol. The van der Waals surface area contributed by atoms with E-state index in [2.05, 4.69) is 25.5 Å². The molecule has 0 saturated carbocycles. The molecule has 0 saturated heterocycles. The molecule has 116 valence electrons. The molecule has 0 aliphatic rings. The average Bonchev–Trinajstić information content (AvgIpc) is 2.95. The Hall–Kier alpha value is -2.90. The molecule has 1 aromatic carbocycles. The number of nitrogens with zero attached hydrogens (tertiary/aromatic N) is 2. The number of para-hydroxylation sites is 1. The molecule has 0 aliphatic carbocycles. The number of nitrogens with one attached hydrogen (secondary N) is 2. The number of carbonyl (C=O) groups is 2. The number of benzene rings is 1. The Kier molecular flexibility index (Phi) is 5.47. The van der Waals surface area contributed by atoms with Crippen LogP contribution in [0.25, 0.3) is 0 Å². The predicted octanol–water partition coefficient (Wildman–Crippen LogP) is 1.15. The molecule has 0 atom stereocenters. The van der Waals surface area contributed by atoms with Crippen LogP contribution in [-0.2, 0) is 22.4 Å². The van der Waals surface area contributed by atoms with Gasteiger partial charge in [0.15, 0.2) is 5.82 Å². The first kappa shape index (κ1) is 15.5. The summed E-state index contributed by atoms with van der Waals surface area (Å²) in [6, 6.07) is 9.10. The van der Waals surface area contributed by atoms with Crippen LogP contribution < -0.4 is 10.6 Å². The molecule has 2 amide bonds. The maximum atomic E-state index is 11.8. The van der Waals surface area contributed by atoms with E-state index in [-0.39, 0.29) is 12.3 Å². The highest BCUT2D eigenvalue weighted by atomic mass is 16.5. The number of rotatable bonds is 6. The summed E-state index contributed by atoms with van der Waals surface area (Å²) in [7, 11) is 1.28. The Morgan fingerprint density at radius 3 is 2.77 bits per heavy atom. The molecule has 2 aromatic rings. The molecule has 1 aromatic heterocycles. The summed E-state index contributed by atoms with van der Waals surface area (Å²) in [4.78, 5) is 26.8. The Morgan fingerprint density at radius 1 is 1.27 bits per heavy atom. The largest absolute Gasteiger partial charge is 0.453 e. The lowest BCUT2D eigenvalue weighted by Crippen LogP contribution is -2.25. The molecule has 0 spiro atoms. The number of amides is 2. The van der Waals surface area contributed by atoms with Gasteiger partial charge in [-0.3, -0.25) is 4.79 Å². The van der Waals surface area contributed by atoms with E-state index in [1.165, 1.54) is 7.11 Å². The van der Waals surface area contributed by atoms with Crippen molar-refractivity contribution in [2.75, 3.05) is 19.0 Å². The summed E-state index contributed by atoms with van der Waals surface area (Å²) >= 11 is 0. The molecule has 2 N–H and O–H groups in total. The lowest BCUT2D eigenvalue weighted by molar-refractivity contribution is -0.115. The van der Waals surface area contributed by atoms with Gasteiger partial charge in [0.2, 0.25) is 11.8 Å². The van der Waals surface area contributed by atoms with Gasteiger partial charge in [0.25, 0.3) is 0 Å². The summed E-state index contributed by atoms with van der Waals surface area (Å²) < 4.78 is 9.43. The molecule has 0 radical (unpaired) electrons. The van der Waals surface area contributed by atoms with E-state index >= 15 is 0 Å². The van der Waals surface area contributed by atoms with Crippen molar-refractivity contribution in [2.45, 2.75) is 12.8 Å². The molecular formula is C14H16N4O4. The molecule has 0 aliphatic heterocycles. The zero-order chi connectivity index (χ0) is 15.8. The second kappa shape index (κ2) is 7.77. The van der Waals surface area contributed by atoms with Crippen molar-refractivity contribution in [3.05, 3.63) is 42.0 Å². The van der Waals surface area contributed by atoms with Gasteiger partial charge in [0, 0.05) is 18.7 Å². The molecule has 0 unspecified atom stereocenters. The SMILES string of the molecule is COC(=O)NCCc1nc(CC(=O)Nc2ccccc2)no1. The summed E-state index contributed by atoms with van der Waals surface area (Å²) in [6.45, 7) is 0.310. The van der Waals surface area contributed by atoms with Crippen LogP contribution in [0, 0.1) is 0 Å². The van der Waals surface area contributed by atoms with Crippen LogP contribution in [0.3, 0.4) is 0 Å². The number of ether oxygens (including phenoxy) is 1. The normalized spacial score (nSPS) is 10.0. The van der Waals surface area contributed by atoms with E-state index in [0.717, 1.165) is 0 Å². The molecule has 0 bridgehead atoms. The van der Waals surface area contributed by atoms with E-state index in [9.17, 15) is 9.59 Å². The van der Waals surface area contributed by atoms with Gasteiger partial charge in [-0.05, 0) is 12.1 Å². The van der Waals surface area contributed by atoms with E-state index in [4.69, 9.17) is 4.52 Å². The monoisotopic (exact) mass is 304 g/mol. The Labute approximate surface area is 126 Å².